The second-order valence-corrected chi connectivity index (χ2v) is 11.1. The van der Waals surface area contributed by atoms with Gasteiger partial charge < -0.3 is 14.7 Å². The first kappa shape index (κ1) is 26.1. The summed E-state index contributed by atoms with van der Waals surface area (Å²) in [6, 6.07) is 3.67. The van der Waals surface area contributed by atoms with Gasteiger partial charge >= 0.3 is 6.18 Å². The normalized spacial score (nSPS) is 17.7. The van der Waals surface area contributed by atoms with Gasteiger partial charge in [0.1, 0.15) is 10.7 Å². The monoisotopic (exact) mass is 503 g/mol. The lowest BCUT2D eigenvalue weighted by Gasteiger charge is -2.44. The summed E-state index contributed by atoms with van der Waals surface area (Å²) in [5, 5.41) is 0. The molecule has 1 saturated heterocycles. The van der Waals surface area contributed by atoms with Crippen LogP contribution in [0.15, 0.2) is 29.3 Å². The van der Waals surface area contributed by atoms with Crippen LogP contribution in [-0.4, -0.2) is 69.3 Å². The molecule has 0 radical (unpaired) electrons. The van der Waals surface area contributed by atoms with Gasteiger partial charge in [0, 0.05) is 49.9 Å². The smallest absolute Gasteiger partial charge is 0.368 e. The van der Waals surface area contributed by atoms with E-state index in [0.717, 1.165) is 12.3 Å². The number of piperazine rings is 1. The van der Waals surface area contributed by atoms with E-state index in [1.165, 1.54) is 18.3 Å². The average molecular weight is 504 g/mol. The van der Waals surface area contributed by atoms with E-state index >= 15 is 0 Å². The van der Waals surface area contributed by atoms with Gasteiger partial charge in [0.05, 0.1) is 6.04 Å². The largest absolute Gasteiger partial charge is 0.433 e. The molecule has 1 atom stereocenters. The molecule has 0 bridgehead atoms. The van der Waals surface area contributed by atoms with Crippen LogP contribution in [0.5, 0.6) is 0 Å². The predicted molar refractivity (Wildman–Crippen MR) is 122 cm³/mol. The first-order valence-corrected chi connectivity index (χ1v) is 12.7. The average Bonchev–Trinajstić information content (AvgIpc) is 2.72. The molecular formula is C22H29F4N5O2S. The number of hydrogen-bond acceptors (Lipinski definition) is 7. The summed E-state index contributed by atoms with van der Waals surface area (Å²) >= 11 is 0. The number of aromatic nitrogens is 2. The van der Waals surface area contributed by atoms with Gasteiger partial charge in [-0.3, -0.25) is 0 Å². The fourth-order valence-electron chi connectivity index (χ4n) is 4.07. The Morgan fingerprint density at radius 3 is 2.44 bits per heavy atom. The summed E-state index contributed by atoms with van der Waals surface area (Å²) in [7, 11) is -0.405. The lowest BCUT2D eigenvalue weighted by Crippen LogP contribution is -2.56. The van der Waals surface area contributed by atoms with E-state index in [-0.39, 0.29) is 34.9 Å². The number of benzene rings is 1. The van der Waals surface area contributed by atoms with Crippen molar-refractivity contribution < 1.29 is 26.0 Å². The Bertz CT molecular complexity index is 1140. The molecule has 0 saturated carbocycles. The van der Waals surface area contributed by atoms with Crippen LogP contribution in [0, 0.1) is 11.7 Å². The first-order valence-electron chi connectivity index (χ1n) is 10.8. The summed E-state index contributed by atoms with van der Waals surface area (Å²) in [4.78, 5) is 13.1. The Labute approximate surface area is 197 Å². The second kappa shape index (κ2) is 9.65. The van der Waals surface area contributed by atoms with Crippen molar-refractivity contribution in [2.75, 3.05) is 49.8 Å². The molecule has 34 heavy (non-hydrogen) atoms. The van der Waals surface area contributed by atoms with Crippen LogP contribution in [0.2, 0.25) is 0 Å². The SMILES string of the molecule is CC(C)C1CN(c2ccc(F)c(S(C)(=O)=O)c2)CCN1c1ncc(CN(C)C)c(C(F)(F)F)n1. The minimum Gasteiger partial charge on any atom is -0.368 e. The van der Waals surface area contributed by atoms with E-state index in [2.05, 4.69) is 9.97 Å². The molecule has 1 aromatic heterocycles. The highest BCUT2D eigenvalue weighted by Crippen LogP contribution is 2.33. The first-order chi connectivity index (χ1) is 15.7. The Morgan fingerprint density at radius 1 is 1.21 bits per heavy atom. The van der Waals surface area contributed by atoms with Crippen LogP contribution in [0.1, 0.15) is 25.1 Å². The molecule has 1 fully saturated rings. The van der Waals surface area contributed by atoms with Crippen LogP contribution in [0.25, 0.3) is 0 Å². The number of anilines is 2. The van der Waals surface area contributed by atoms with Gasteiger partial charge in [-0.25, -0.2) is 22.8 Å². The van der Waals surface area contributed by atoms with Gasteiger partial charge in [-0.2, -0.15) is 13.2 Å². The maximum absolute atomic E-state index is 14.0. The van der Waals surface area contributed by atoms with Crippen molar-refractivity contribution in [2.24, 2.45) is 5.92 Å². The van der Waals surface area contributed by atoms with Crippen LogP contribution in [0.4, 0.5) is 29.2 Å². The second-order valence-electron chi connectivity index (χ2n) is 9.12. The Hall–Kier alpha value is -2.47. The molecule has 0 amide bonds. The molecule has 0 aliphatic carbocycles. The number of alkyl halides is 3. The summed E-state index contributed by atoms with van der Waals surface area (Å²) in [5.41, 5.74) is -0.418. The molecule has 2 heterocycles. The van der Waals surface area contributed by atoms with E-state index in [4.69, 9.17) is 0 Å². The van der Waals surface area contributed by atoms with Gasteiger partial charge in [-0.1, -0.05) is 13.8 Å². The fourth-order valence-corrected chi connectivity index (χ4v) is 4.83. The zero-order chi connectivity index (χ0) is 25.4. The molecule has 3 rings (SSSR count). The molecule has 1 aromatic carbocycles. The van der Waals surface area contributed by atoms with Crippen molar-refractivity contribution in [3.8, 4) is 0 Å². The molecule has 188 valence electrons. The highest BCUT2D eigenvalue weighted by atomic mass is 32.2. The molecule has 1 unspecified atom stereocenters. The maximum Gasteiger partial charge on any atom is 0.433 e. The van der Waals surface area contributed by atoms with E-state index in [1.807, 2.05) is 18.7 Å². The lowest BCUT2D eigenvalue weighted by atomic mass is 9.99. The molecule has 0 spiro atoms. The summed E-state index contributed by atoms with van der Waals surface area (Å²) < 4.78 is 79.1. The standard InChI is InChI=1S/C22H29F4N5O2S/c1-14(2)18-13-30(16-6-7-17(23)19(10-16)34(5,32)33)8-9-31(18)21-27-11-15(12-29(3)4)20(28-21)22(24,25)26/h6-7,10-11,14,18H,8-9,12-13H2,1-5H3. The van der Waals surface area contributed by atoms with Gasteiger partial charge in [0.15, 0.2) is 15.5 Å². The van der Waals surface area contributed by atoms with Crippen LogP contribution in [0.3, 0.4) is 0 Å². The van der Waals surface area contributed by atoms with E-state index < -0.39 is 27.5 Å². The zero-order valence-electron chi connectivity index (χ0n) is 19.8. The summed E-state index contributed by atoms with van der Waals surface area (Å²) in [6.45, 7) is 5.03. The van der Waals surface area contributed by atoms with Gasteiger partial charge in [-0.05, 0) is 38.2 Å². The quantitative estimate of drug-likeness (QED) is 0.560. The third kappa shape index (κ3) is 5.77. The Kier molecular flexibility index (Phi) is 7.42. The molecule has 7 nitrogen and oxygen atoms in total. The predicted octanol–water partition coefficient (Wildman–Crippen LogP) is 3.45. The van der Waals surface area contributed by atoms with E-state index in [9.17, 15) is 26.0 Å². The number of halogens is 4. The number of hydrogen-bond donors (Lipinski definition) is 0. The van der Waals surface area contributed by atoms with Crippen molar-refractivity contribution in [1.29, 1.82) is 0 Å². The molecule has 2 aromatic rings. The summed E-state index contributed by atoms with van der Waals surface area (Å²) in [6.07, 6.45) is -2.44. The molecule has 12 heteroatoms. The number of sulfone groups is 1. The van der Waals surface area contributed by atoms with Crippen LogP contribution in [-0.2, 0) is 22.6 Å². The highest BCUT2D eigenvalue weighted by molar-refractivity contribution is 7.90. The molecule has 0 N–H and O–H groups in total. The van der Waals surface area contributed by atoms with Gasteiger partial charge in [0.25, 0.3) is 0 Å². The van der Waals surface area contributed by atoms with Crippen LogP contribution >= 0.6 is 0 Å². The van der Waals surface area contributed by atoms with Crippen molar-refractivity contribution >= 4 is 21.5 Å². The molecular weight excluding hydrogens is 474 g/mol. The fraction of sp³-hybridized carbons (Fsp3) is 0.545. The highest BCUT2D eigenvalue weighted by Gasteiger charge is 2.38. The minimum atomic E-state index is -4.62. The van der Waals surface area contributed by atoms with Crippen molar-refractivity contribution in [1.82, 2.24) is 14.9 Å². The molecule has 1 aliphatic heterocycles. The third-order valence-corrected chi connectivity index (χ3v) is 6.84. The number of rotatable bonds is 6. The van der Waals surface area contributed by atoms with Crippen molar-refractivity contribution in [3.05, 3.63) is 41.5 Å². The van der Waals surface area contributed by atoms with E-state index in [1.54, 1.807) is 23.9 Å². The Morgan fingerprint density at radius 2 is 1.88 bits per heavy atom. The third-order valence-electron chi connectivity index (χ3n) is 5.73. The maximum atomic E-state index is 14.0. The van der Waals surface area contributed by atoms with Crippen molar-refractivity contribution in [2.45, 2.75) is 37.5 Å². The minimum absolute atomic E-state index is 0.000555. The summed E-state index contributed by atoms with van der Waals surface area (Å²) in [5.74, 6) is -0.794. The zero-order valence-corrected chi connectivity index (χ0v) is 20.6. The van der Waals surface area contributed by atoms with E-state index in [0.29, 0.717) is 25.3 Å². The van der Waals surface area contributed by atoms with Crippen LogP contribution < -0.4 is 9.80 Å². The number of nitrogens with zero attached hydrogens (tertiary/aromatic N) is 5. The van der Waals surface area contributed by atoms with Gasteiger partial charge in [-0.15, -0.1) is 0 Å². The van der Waals surface area contributed by atoms with Gasteiger partial charge in [0.2, 0.25) is 5.95 Å². The Balaban J connectivity index is 1.94. The van der Waals surface area contributed by atoms with Crippen molar-refractivity contribution in [3.63, 3.8) is 0 Å². The topological polar surface area (TPSA) is 69.6 Å². The lowest BCUT2D eigenvalue weighted by molar-refractivity contribution is -0.142. The molecule has 1 aliphatic rings.